The highest BCUT2D eigenvalue weighted by Crippen LogP contribution is 2.26. The van der Waals surface area contributed by atoms with Gasteiger partial charge >= 0.3 is 0 Å². The van der Waals surface area contributed by atoms with Crippen molar-refractivity contribution in [1.29, 1.82) is 0 Å². The second-order valence-corrected chi connectivity index (χ2v) is 5.29. The van der Waals surface area contributed by atoms with Crippen molar-refractivity contribution in [3.05, 3.63) is 42.2 Å². The van der Waals surface area contributed by atoms with Crippen LogP contribution in [0.1, 0.15) is 19.4 Å². The molecule has 0 atom stereocenters. The number of hydrogen-bond acceptors (Lipinski definition) is 3. The minimum Gasteiger partial charge on any atom is -0.380 e. The number of aromatic nitrogens is 2. The molecule has 0 spiro atoms. The van der Waals surface area contributed by atoms with Crippen LogP contribution >= 0.6 is 11.8 Å². The molecule has 3 nitrogen and oxygen atoms in total. The van der Waals surface area contributed by atoms with Gasteiger partial charge in [-0.2, -0.15) is 5.10 Å². The minimum atomic E-state index is 0.821. The third-order valence-electron chi connectivity index (χ3n) is 2.68. The first kappa shape index (κ1) is 13.0. The Balaban J connectivity index is 2.01. The predicted molar refractivity (Wildman–Crippen MR) is 78.1 cm³/mol. The van der Waals surface area contributed by atoms with Gasteiger partial charge in [0.1, 0.15) is 0 Å². The molecule has 0 fully saturated rings. The van der Waals surface area contributed by atoms with E-state index in [4.69, 9.17) is 0 Å². The summed E-state index contributed by atoms with van der Waals surface area (Å²) in [4.78, 5) is 1.31. The molecule has 0 saturated carbocycles. The van der Waals surface area contributed by atoms with Crippen molar-refractivity contribution in [2.75, 3.05) is 11.1 Å². The zero-order chi connectivity index (χ0) is 12.8. The van der Waals surface area contributed by atoms with E-state index in [9.17, 15) is 0 Å². The summed E-state index contributed by atoms with van der Waals surface area (Å²) >= 11 is 1.86. The molecule has 1 heterocycles. The van der Waals surface area contributed by atoms with Gasteiger partial charge in [0.05, 0.1) is 6.20 Å². The summed E-state index contributed by atoms with van der Waals surface area (Å²) in [6.45, 7) is 6.01. The fourth-order valence-electron chi connectivity index (χ4n) is 1.76. The number of anilines is 1. The Morgan fingerprint density at radius 1 is 1.28 bits per heavy atom. The summed E-state index contributed by atoms with van der Waals surface area (Å²) in [6.07, 6.45) is 4.01. The van der Waals surface area contributed by atoms with Crippen LogP contribution in [0.2, 0.25) is 0 Å². The van der Waals surface area contributed by atoms with Gasteiger partial charge in [0.2, 0.25) is 0 Å². The standard InChI is InChI=1S/C14H19N3S/c1-3-17-11-12(10-16-17)9-15-13-7-5-6-8-14(13)18-4-2/h5-8,10-11,15H,3-4,9H2,1-2H3. The van der Waals surface area contributed by atoms with E-state index < -0.39 is 0 Å². The highest BCUT2D eigenvalue weighted by atomic mass is 32.2. The lowest BCUT2D eigenvalue weighted by Gasteiger charge is -2.09. The number of para-hydroxylation sites is 1. The number of hydrogen-bond donors (Lipinski definition) is 1. The van der Waals surface area contributed by atoms with E-state index in [0.29, 0.717) is 0 Å². The smallest absolute Gasteiger partial charge is 0.0539 e. The van der Waals surface area contributed by atoms with Gasteiger partial charge < -0.3 is 5.32 Å². The van der Waals surface area contributed by atoms with Crippen LogP contribution < -0.4 is 5.32 Å². The molecule has 0 aliphatic rings. The zero-order valence-electron chi connectivity index (χ0n) is 10.9. The molecule has 1 N–H and O–H groups in total. The third kappa shape index (κ3) is 3.29. The topological polar surface area (TPSA) is 29.9 Å². The van der Waals surface area contributed by atoms with Crippen LogP contribution in [-0.4, -0.2) is 15.5 Å². The number of benzene rings is 1. The van der Waals surface area contributed by atoms with Crippen molar-refractivity contribution in [2.24, 2.45) is 0 Å². The molecular weight excluding hydrogens is 242 g/mol. The van der Waals surface area contributed by atoms with E-state index in [1.165, 1.54) is 16.1 Å². The van der Waals surface area contributed by atoms with Crippen molar-refractivity contribution in [1.82, 2.24) is 9.78 Å². The Morgan fingerprint density at radius 3 is 2.83 bits per heavy atom. The van der Waals surface area contributed by atoms with Gasteiger partial charge in [0.15, 0.2) is 0 Å². The summed E-state index contributed by atoms with van der Waals surface area (Å²) in [7, 11) is 0. The van der Waals surface area contributed by atoms with Gasteiger partial charge in [-0.25, -0.2) is 0 Å². The van der Waals surface area contributed by atoms with Crippen molar-refractivity contribution in [2.45, 2.75) is 31.8 Å². The molecule has 1 aromatic carbocycles. The van der Waals surface area contributed by atoms with Crippen molar-refractivity contribution in [3.8, 4) is 0 Å². The van der Waals surface area contributed by atoms with E-state index in [1.807, 2.05) is 22.6 Å². The molecule has 18 heavy (non-hydrogen) atoms. The molecule has 0 saturated heterocycles. The van der Waals surface area contributed by atoms with Gasteiger partial charge in [-0.3, -0.25) is 4.68 Å². The Morgan fingerprint density at radius 2 is 2.11 bits per heavy atom. The normalized spacial score (nSPS) is 10.6. The van der Waals surface area contributed by atoms with Crippen LogP contribution in [0.4, 0.5) is 5.69 Å². The molecular formula is C14H19N3S. The van der Waals surface area contributed by atoms with Gasteiger partial charge in [0, 0.05) is 35.4 Å². The van der Waals surface area contributed by atoms with E-state index in [2.05, 4.69) is 54.7 Å². The average molecular weight is 261 g/mol. The second-order valence-electron chi connectivity index (χ2n) is 3.99. The summed E-state index contributed by atoms with van der Waals surface area (Å²) < 4.78 is 1.95. The SMILES string of the molecule is CCSc1ccccc1NCc1cnn(CC)c1. The van der Waals surface area contributed by atoms with Gasteiger partial charge in [-0.1, -0.05) is 19.1 Å². The van der Waals surface area contributed by atoms with E-state index in [-0.39, 0.29) is 0 Å². The first-order valence-corrected chi connectivity index (χ1v) is 7.29. The van der Waals surface area contributed by atoms with Crippen LogP contribution in [0.3, 0.4) is 0 Å². The average Bonchev–Trinajstić information content (AvgIpc) is 2.86. The summed E-state index contributed by atoms with van der Waals surface area (Å²) in [5.41, 5.74) is 2.42. The highest BCUT2D eigenvalue weighted by molar-refractivity contribution is 7.99. The fourth-order valence-corrected chi connectivity index (χ4v) is 2.54. The maximum Gasteiger partial charge on any atom is 0.0539 e. The van der Waals surface area contributed by atoms with Crippen molar-refractivity contribution < 1.29 is 0 Å². The van der Waals surface area contributed by atoms with Crippen molar-refractivity contribution in [3.63, 3.8) is 0 Å². The fraction of sp³-hybridized carbons (Fsp3) is 0.357. The third-order valence-corrected chi connectivity index (χ3v) is 3.64. The Hall–Kier alpha value is -1.42. The predicted octanol–water partition coefficient (Wildman–Crippen LogP) is 3.63. The molecule has 0 radical (unpaired) electrons. The molecule has 0 unspecified atom stereocenters. The highest BCUT2D eigenvalue weighted by Gasteiger charge is 2.02. The van der Waals surface area contributed by atoms with Crippen molar-refractivity contribution >= 4 is 17.4 Å². The van der Waals surface area contributed by atoms with Crippen LogP contribution in [0.25, 0.3) is 0 Å². The Kier molecular flexibility index (Phi) is 4.70. The molecule has 0 bridgehead atoms. The van der Waals surface area contributed by atoms with Crippen LogP contribution in [-0.2, 0) is 13.1 Å². The van der Waals surface area contributed by atoms with Gasteiger partial charge in [0.25, 0.3) is 0 Å². The lowest BCUT2D eigenvalue weighted by molar-refractivity contribution is 0.659. The number of rotatable bonds is 6. The van der Waals surface area contributed by atoms with Crippen LogP contribution in [0.15, 0.2) is 41.6 Å². The first-order chi connectivity index (χ1) is 8.83. The minimum absolute atomic E-state index is 0.821. The Bertz CT molecular complexity index is 493. The van der Waals surface area contributed by atoms with Crippen LogP contribution in [0.5, 0.6) is 0 Å². The lowest BCUT2D eigenvalue weighted by atomic mass is 10.3. The Labute approximate surface area is 113 Å². The summed E-state index contributed by atoms with van der Waals surface area (Å²) in [5, 5.41) is 7.75. The second kappa shape index (κ2) is 6.50. The molecule has 1 aromatic heterocycles. The van der Waals surface area contributed by atoms with E-state index >= 15 is 0 Å². The maximum absolute atomic E-state index is 4.28. The van der Waals surface area contributed by atoms with Crippen LogP contribution in [0, 0.1) is 0 Å². The van der Waals surface area contributed by atoms with E-state index in [0.717, 1.165) is 18.8 Å². The number of aryl methyl sites for hydroxylation is 1. The monoisotopic (exact) mass is 261 g/mol. The lowest BCUT2D eigenvalue weighted by Crippen LogP contribution is -2.00. The maximum atomic E-state index is 4.28. The summed E-state index contributed by atoms with van der Waals surface area (Å²) in [5.74, 6) is 1.09. The molecule has 2 rings (SSSR count). The van der Waals surface area contributed by atoms with Gasteiger partial charge in [-0.05, 0) is 24.8 Å². The first-order valence-electron chi connectivity index (χ1n) is 6.30. The number of thioether (sulfide) groups is 1. The summed E-state index contributed by atoms with van der Waals surface area (Å²) in [6, 6.07) is 8.43. The number of nitrogens with one attached hydrogen (secondary N) is 1. The molecule has 0 amide bonds. The molecule has 0 aliphatic carbocycles. The number of nitrogens with zero attached hydrogens (tertiary/aromatic N) is 2. The van der Waals surface area contributed by atoms with E-state index in [1.54, 1.807) is 0 Å². The zero-order valence-corrected chi connectivity index (χ0v) is 11.7. The molecule has 0 aliphatic heterocycles. The molecule has 2 aromatic rings. The molecule has 96 valence electrons. The molecule has 4 heteroatoms. The van der Waals surface area contributed by atoms with Gasteiger partial charge in [-0.15, -0.1) is 11.8 Å². The quantitative estimate of drug-likeness (QED) is 0.805. The largest absolute Gasteiger partial charge is 0.380 e.